The van der Waals surface area contributed by atoms with E-state index in [4.69, 9.17) is 25.6 Å². The summed E-state index contributed by atoms with van der Waals surface area (Å²) in [5.74, 6) is -2.20. The highest BCUT2D eigenvalue weighted by Gasteiger charge is 2.45. The highest BCUT2D eigenvalue weighted by atomic mass is 35.5. The van der Waals surface area contributed by atoms with Crippen LogP contribution in [0.15, 0.2) is 77.4 Å². The van der Waals surface area contributed by atoms with Crippen LogP contribution in [0, 0.1) is 17.0 Å². The summed E-state index contributed by atoms with van der Waals surface area (Å²) in [6, 6.07) is 19.0. The van der Waals surface area contributed by atoms with Gasteiger partial charge in [-0.1, -0.05) is 52.3 Å². The Morgan fingerprint density at radius 1 is 1.00 bits per heavy atom. The van der Waals surface area contributed by atoms with Crippen LogP contribution >= 0.6 is 11.6 Å². The van der Waals surface area contributed by atoms with Gasteiger partial charge in [0.1, 0.15) is 24.1 Å². The summed E-state index contributed by atoms with van der Waals surface area (Å²) in [6.07, 6.45) is 1.89. The van der Waals surface area contributed by atoms with Crippen molar-refractivity contribution in [3.05, 3.63) is 127 Å². The van der Waals surface area contributed by atoms with E-state index in [2.05, 4.69) is 31.0 Å². The first-order chi connectivity index (χ1) is 30.5. The maximum absolute atomic E-state index is 13.3. The van der Waals surface area contributed by atoms with Gasteiger partial charge in [0.25, 0.3) is 17.7 Å². The van der Waals surface area contributed by atoms with Crippen molar-refractivity contribution >= 4 is 52.5 Å². The summed E-state index contributed by atoms with van der Waals surface area (Å²) in [4.78, 5) is 79.3. The molecule has 3 aliphatic heterocycles. The van der Waals surface area contributed by atoms with E-state index in [0.717, 1.165) is 16.0 Å². The smallest absolute Gasteiger partial charge is 0.344 e. The number of carbonyl (C=O) groups excluding carboxylic acids is 5. The van der Waals surface area contributed by atoms with Crippen LogP contribution < -0.4 is 15.4 Å². The number of amides is 5. The number of aromatic nitrogens is 4. The Morgan fingerprint density at radius 2 is 1.73 bits per heavy atom. The molecular weight excluding hydrogens is 840 g/mol. The number of rotatable bonds is 16. The standard InChI is InChI=1S/C42H41ClN10O10/c1-25-37(53(59)60)36(47-63-25)42(58)50-18-16-49(17-19-50)38(26-5-9-28(43)10-6-26)27-7-11-30(12-8-27)62-24-29-23-51(48-46-29)20-22-61-21-15-44-32-4-2-3-31-35(32)41(57)52(40(31)56)33-13-14-34(54)45-39(33)55/h2-12,23,33,38,44H,13-22,24H2,1H3,(H,45,54,55). The van der Waals surface area contributed by atoms with Crippen molar-refractivity contribution in [2.45, 2.75) is 45.0 Å². The molecule has 2 atom stereocenters. The second-order valence-electron chi connectivity index (χ2n) is 15.0. The normalized spacial score (nSPS) is 17.1. The van der Waals surface area contributed by atoms with Crippen LogP contribution in [0.2, 0.25) is 5.02 Å². The van der Waals surface area contributed by atoms with Crippen molar-refractivity contribution in [3.63, 3.8) is 0 Å². The topological polar surface area (TPSA) is 237 Å². The molecule has 0 bridgehead atoms. The average Bonchev–Trinajstić information content (AvgIpc) is 3.98. The number of hydrogen-bond donors (Lipinski definition) is 2. The number of ether oxygens (including phenoxy) is 2. The fourth-order valence-electron chi connectivity index (χ4n) is 7.91. The molecule has 0 aliphatic carbocycles. The third-order valence-corrected chi connectivity index (χ3v) is 11.3. The van der Waals surface area contributed by atoms with Crippen molar-refractivity contribution in [3.8, 4) is 5.75 Å². The lowest BCUT2D eigenvalue weighted by Crippen LogP contribution is -2.54. The van der Waals surface area contributed by atoms with Crippen LogP contribution in [0.3, 0.4) is 0 Å². The molecule has 0 saturated carbocycles. The van der Waals surface area contributed by atoms with Gasteiger partial charge < -0.3 is 24.2 Å². The summed E-state index contributed by atoms with van der Waals surface area (Å²) in [5, 5.41) is 29.6. The van der Waals surface area contributed by atoms with Gasteiger partial charge in [0.2, 0.25) is 23.3 Å². The van der Waals surface area contributed by atoms with Crippen molar-refractivity contribution in [1.29, 1.82) is 0 Å². The van der Waals surface area contributed by atoms with Crippen LogP contribution in [-0.2, 0) is 27.5 Å². The number of nitrogens with one attached hydrogen (secondary N) is 2. The van der Waals surface area contributed by atoms with E-state index in [1.165, 1.54) is 13.0 Å². The number of hydrogen-bond acceptors (Lipinski definition) is 15. The lowest BCUT2D eigenvalue weighted by molar-refractivity contribution is -0.386. The van der Waals surface area contributed by atoms with Gasteiger partial charge >= 0.3 is 5.69 Å². The summed E-state index contributed by atoms with van der Waals surface area (Å²) in [7, 11) is 0. The maximum atomic E-state index is 13.3. The molecule has 2 fully saturated rings. The molecule has 21 heteroatoms. The molecule has 3 aromatic carbocycles. The Bertz CT molecular complexity index is 2550. The fourth-order valence-corrected chi connectivity index (χ4v) is 8.04. The predicted molar refractivity (Wildman–Crippen MR) is 222 cm³/mol. The van der Waals surface area contributed by atoms with E-state index < -0.39 is 46.2 Å². The monoisotopic (exact) mass is 880 g/mol. The van der Waals surface area contributed by atoms with Gasteiger partial charge in [0.05, 0.1) is 48.0 Å². The SMILES string of the molecule is Cc1onc(C(=O)N2CCN(C(c3ccc(Cl)cc3)c3ccc(OCc4cn(CCOCCNc5cccc6c5C(=O)N(C5CCC(=O)NC5=O)C6=O)nn4)cc3)CC2)c1[N+](=O)[O-]. The first-order valence-electron chi connectivity index (χ1n) is 20.1. The highest BCUT2D eigenvalue weighted by Crippen LogP contribution is 2.34. The number of piperidine rings is 1. The van der Waals surface area contributed by atoms with Crippen LogP contribution in [0.4, 0.5) is 11.4 Å². The number of piperazine rings is 1. The van der Waals surface area contributed by atoms with E-state index >= 15 is 0 Å². The second kappa shape index (κ2) is 18.5. The summed E-state index contributed by atoms with van der Waals surface area (Å²) >= 11 is 6.23. The molecule has 0 spiro atoms. The number of aryl methyl sites for hydroxylation is 1. The average molecular weight is 881 g/mol. The van der Waals surface area contributed by atoms with E-state index in [-0.39, 0.29) is 54.7 Å². The highest BCUT2D eigenvalue weighted by molar-refractivity contribution is 6.30. The molecule has 0 radical (unpaired) electrons. The van der Waals surface area contributed by atoms with Gasteiger partial charge in [-0.2, -0.15) is 0 Å². The minimum absolute atomic E-state index is 0.0204. The van der Waals surface area contributed by atoms with E-state index in [9.17, 15) is 34.1 Å². The third-order valence-electron chi connectivity index (χ3n) is 11.0. The molecule has 2 saturated heterocycles. The zero-order valence-electron chi connectivity index (χ0n) is 33.9. The first kappa shape index (κ1) is 42.7. The number of nitro groups is 1. The van der Waals surface area contributed by atoms with Crippen LogP contribution in [0.25, 0.3) is 0 Å². The number of nitrogens with zero attached hydrogens (tertiary/aromatic N) is 8. The lowest BCUT2D eigenvalue weighted by Gasteiger charge is -2.39. The van der Waals surface area contributed by atoms with Gasteiger partial charge in [-0.25, -0.2) is 4.68 Å². The largest absolute Gasteiger partial charge is 0.487 e. The van der Waals surface area contributed by atoms with Crippen molar-refractivity contribution in [1.82, 2.24) is 40.2 Å². The summed E-state index contributed by atoms with van der Waals surface area (Å²) < 4.78 is 18.4. The maximum Gasteiger partial charge on any atom is 0.344 e. The van der Waals surface area contributed by atoms with Gasteiger partial charge in [-0.3, -0.25) is 49.2 Å². The molecule has 5 aromatic rings. The van der Waals surface area contributed by atoms with Gasteiger partial charge in [-0.05, 0) is 53.9 Å². The zero-order valence-corrected chi connectivity index (χ0v) is 34.7. The Labute approximate surface area is 364 Å². The third kappa shape index (κ3) is 9.13. The molecule has 2 N–H and O–H groups in total. The molecule has 63 heavy (non-hydrogen) atoms. The van der Waals surface area contributed by atoms with Gasteiger partial charge in [0.15, 0.2) is 0 Å². The van der Waals surface area contributed by atoms with Gasteiger partial charge in [0, 0.05) is 56.8 Å². The quantitative estimate of drug-likeness (QED) is 0.0621. The molecule has 2 aromatic heterocycles. The number of anilines is 1. The number of imide groups is 2. The first-order valence-corrected chi connectivity index (χ1v) is 20.5. The molecule has 2 unspecified atom stereocenters. The Hall–Kier alpha value is -7.03. The number of halogens is 1. The van der Waals surface area contributed by atoms with Crippen molar-refractivity contribution in [2.75, 3.05) is 51.3 Å². The Morgan fingerprint density at radius 3 is 2.44 bits per heavy atom. The number of fused-ring (bicyclic) bond motifs is 1. The van der Waals surface area contributed by atoms with Crippen LogP contribution in [0.5, 0.6) is 5.75 Å². The zero-order chi connectivity index (χ0) is 44.2. The molecular formula is C42H41ClN10O10. The van der Waals surface area contributed by atoms with E-state index in [1.54, 1.807) is 27.9 Å². The van der Waals surface area contributed by atoms with Crippen LogP contribution in [-0.4, -0.2) is 121 Å². The fraction of sp³-hybridized carbons (Fsp3) is 0.333. The Kier molecular flexibility index (Phi) is 12.5. The lowest BCUT2D eigenvalue weighted by atomic mass is 9.96. The molecule has 5 heterocycles. The molecule has 3 aliphatic rings. The predicted octanol–water partition coefficient (Wildman–Crippen LogP) is 3.79. The number of benzene rings is 3. The summed E-state index contributed by atoms with van der Waals surface area (Å²) in [5.41, 5.74) is 2.71. The molecule has 5 amide bonds. The molecule has 20 nitrogen and oxygen atoms in total. The van der Waals surface area contributed by atoms with Gasteiger partial charge in [-0.15, -0.1) is 5.10 Å². The van der Waals surface area contributed by atoms with Crippen LogP contribution in [0.1, 0.15) is 72.7 Å². The van der Waals surface area contributed by atoms with E-state index in [0.29, 0.717) is 68.0 Å². The minimum Gasteiger partial charge on any atom is -0.487 e. The number of carbonyl (C=O) groups is 5. The van der Waals surface area contributed by atoms with E-state index in [1.807, 2.05) is 48.5 Å². The summed E-state index contributed by atoms with van der Waals surface area (Å²) in [6.45, 7) is 4.59. The molecule has 8 rings (SSSR count). The molecule has 326 valence electrons. The Balaban J connectivity index is 0.802. The van der Waals surface area contributed by atoms with Crippen molar-refractivity contribution in [2.24, 2.45) is 0 Å². The minimum atomic E-state index is -1.04. The second-order valence-corrected chi connectivity index (χ2v) is 15.5. The van der Waals surface area contributed by atoms with Crippen molar-refractivity contribution < 1.29 is 42.9 Å².